The van der Waals surface area contributed by atoms with Crippen molar-refractivity contribution in [3.63, 3.8) is 0 Å². The molecule has 0 radical (unpaired) electrons. The second-order valence-electron chi connectivity index (χ2n) is 8.23. The van der Waals surface area contributed by atoms with E-state index < -0.39 is 0 Å². The van der Waals surface area contributed by atoms with E-state index in [0.717, 1.165) is 23.8 Å². The fraction of sp³-hybridized carbons (Fsp3) is 1.00. The Morgan fingerprint density at radius 2 is 1.78 bits per heavy atom. The van der Waals surface area contributed by atoms with Crippen molar-refractivity contribution in [3.05, 3.63) is 0 Å². The summed E-state index contributed by atoms with van der Waals surface area (Å²) in [6.45, 7) is 14.9. The molecule has 1 saturated carbocycles. The van der Waals surface area contributed by atoms with E-state index >= 15 is 0 Å². The molecule has 2 aliphatic rings. The lowest BCUT2D eigenvalue weighted by Crippen LogP contribution is -2.51. The summed E-state index contributed by atoms with van der Waals surface area (Å²) in [6.07, 6.45) is 7.27. The minimum absolute atomic E-state index is 0.474. The molecular weight excluding hydrogens is 218 g/mol. The Balaban J connectivity index is 2.00. The van der Waals surface area contributed by atoms with Crippen molar-refractivity contribution in [1.82, 2.24) is 4.90 Å². The lowest BCUT2D eigenvalue weighted by molar-refractivity contribution is -0.00311. The second-order valence-corrected chi connectivity index (χ2v) is 8.23. The van der Waals surface area contributed by atoms with Gasteiger partial charge in [-0.05, 0) is 55.4 Å². The van der Waals surface area contributed by atoms with Gasteiger partial charge in [0.2, 0.25) is 0 Å². The Kier molecular flexibility index (Phi) is 4.41. The topological polar surface area (TPSA) is 3.24 Å². The van der Waals surface area contributed by atoms with Crippen LogP contribution in [0.15, 0.2) is 0 Å². The molecule has 2 fully saturated rings. The lowest BCUT2D eigenvalue weighted by atomic mass is 9.67. The molecule has 0 aromatic rings. The molecule has 0 spiro atoms. The molecule has 1 nitrogen and oxygen atoms in total. The van der Waals surface area contributed by atoms with Crippen molar-refractivity contribution < 1.29 is 0 Å². The van der Waals surface area contributed by atoms with E-state index in [-0.39, 0.29) is 0 Å². The summed E-state index contributed by atoms with van der Waals surface area (Å²) in [5, 5.41) is 0. The van der Waals surface area contributed by atoms with E-state index in [1.54, 1.807) is 0 Å². The largest absolute Gasteiger partial charge is 0.300 e. The molecule has 1 saturated heterocycles. The molecule has 1 heterocycles. The highest BCUT2D eigenvalue weighted by Gasteiger charge is 2.39. The van der Waals surface area contributed by atoms with E-state index in [1.807, 2.05) is 0 Å². The summed E-state index contributed by atoms with van der Waals surface area (Å²) in [4.78, 5) is 2.82. The number of hydrogen-bond acceptors (Lipinski definition) is 1. The van der Waals surface area contributed by atoms with Gasteiger partial charge in [-0.25, -0.2) is 0 Å². The maximum Gasteiger partial charge on any atom is 0.00954 e. The third-order valence-corrected chi connectivity index (χ3v) is 5.26. The lowest BCUT2D eigenvalue weighted by Gasteiger charge is -2.49. The van der Waals surface area contributed by atoms with Gasteiger partial charge >= 0.3 is 0 Å². The van der Waals surface area contributed by atoms with Gasteiger partial charge in [0, 0.05) is 12.6 Å². The molecule has 0 unspecified atom stereocenters. The molecular formula is C17H33N. The Morgan fingerprint density at radius 3 is 2.22 bits per heavy atom. The standard InChI is InChI=1S/C17H33N/c1-13(2)11-14-9-10-18(15-7-6-8-15)12-16(14)17(3,4)5/h13-16H,6-12H2,1-5H3/t14-,16-/m1/s1. The summed E-state index contributed by atoms with van der Waals surface area (Å²) in [6, 6.07) is 0.940. The number of rotatable bonds is 3. The predicted octanol–water partition coefficient (Wildman–Crippen LogP) is 4.57. The monoisotopic (exact) mass is 251 g/mol. The zero-order chi connectivity index (χ0) is 13.3. The third kappa shape index (κ3) is 3.29. The highest BCUT2D eigenvalue weighted by molar-refractivity contribution is 4.91. The van der Waals surface area contributed by atoms with Crippen LogP contribution in [-0.2, 0) is 0 Å². The van der Waals surface area contributed by atoms with E-state index in [9.17, 15) is 0 Å². The molecule has 1 aliphatic carbocycles. The van der Waals surface area contributed by atoms with Crippen molar-refractivity contribution in [2.45, 2.75) is 72.8 Å². The summed E-state index contributed by atoms with van der Waals surface area (Å²) in [5.74, 6) is 2.71. The summed E-state index contributed by atoms with van der Waals surface area (Å²) >= 11 is 0. The van der Waals surface area contributed by atoms with Crippen LogP contribution in [0.4, 0.5) is 0 Å². The molecule has 0 aromatic heterocycles. The van der Waals surface area contributed by atoms with Gasteiger partial charge in [-0.15, -0.1) is 0 Å². The first kappa shape index (κ1) is 14.4. The fourth-order valence-corrected chi connectivity index (χ4v) is 3.98. The first-order valence-corrected chi connectivity index (χ1v) is 8.12. The fourth-order valence-electron chi connectivity index (χ4n) is 3.98. The molecule has 18 heavy (non-hydrogen) atoms. The summed E-state index contributed by atoms with van der Waals surface area (Å²) < 4.78 is 0. The van der Waals surface area contributed by atoms with Gasteiger partial charge in [0.05, 0.1) is 0 Å². The molecule has 0 bridgehead atoms. The molecule has 2 rings (SSSR count). The van der Waals surface area contributed by atoms with Crippen LogP contribution in [0.25, 0.3) is 0 Å². The molecule has 2 atom stereocenters. The first-order chi connectivity index (χ1) is 8.38. The molecule has 1 heteroatoms. The van der Waals surface area contributed by atoms with Crippen molar-refractivity contribution >= 4 is 0 Å². The van der Waals surface area contributed by atoms with Crippen LogP contribution in [0.2, 0.25) is 0 Å². The van der Waals surface area contributed by atoms with E-state index in [2.05, 4.69) is 39.5 Å². The van der Waals surface area contributed by atoms with Gasteiger partial charge in [-0.3, -0.25) is 0 Å². The van der Waals surface area contributed by atoms with Crippen LogP contribution in [-0.4, -0.2) is 24.0 Å². The smallest absolute Gasteiger partial charge is 0.00954 e. The first-order valence-electron chi connectivity index (χ1n) is 8.12. The normalized spacial score (nSPS) is 31.7. The van der Waals surface area contributed by atoms with Crippen LogP contribution in [0.3, 0.4) is 0 Å². The highest BCUT2D eigenvalue weighted by Crippen LogP contribution is 2.42. The van der Waals surface area contributed by atoms with Crippen molar-refractivity contribution in [2.75, 3.05) is 13.1 Å². The van der Waals surface area contributed by atoms with Crippen molar-refractivity contribution in [2.24, 2.45) is 23.2 Å². The van der Waals surface area contributed by atoms with Crippen LogP contribution >= 0.6 is 0 Å². The summed E-state index contributed by atoms with van der Waals surface area (Å²) in [7, 11) is 0. The Hall–Kier alpha value is -0.0400. The quantitative estimate of drug-likeness (QED) is 0.710. The SMILES string of the molecule is CC(C)C[C@H]1CCN(C2CCC2)C[C@H]1C(C)(C)C. The molecule has 0 N–H and O–H groups in total. The van der Waals surface area contributed by atoms with Gasteiger partial charge in [-0.2, -0.15) is 0 Å². The third-order valence-electron chi connectivity index (χ3n) is 5.26. The van der Waals surface area contributed by atoms with Crippen LogP contribution in [0, 0.1) is 23.2 Å². The van der Waals surface area contributed by atoms with E-state index in [4.69, 9.17) is 0 Å². The van der Waals surface area contributed by atoms with E-state index in [1.165, 1.54) is 45.2 Å². The minimum atomic E-state index is 0.474. The Bertz CT molecular complexity index is 259. The Labute approximate surface area is 114 Å². The maximum absolute atomic E-state index is 2.82. The zero-order valence-electron chi connectivity index (χ0n) is 13.2. The van der Waals surface area contributed by atoms with Gasteiger partial charge < -0.3 is 4.90 Å². The minimum Gasteiger partial charge on any atom is -0.300 e. The van der Waals surface area contributed by atoms with Gasteiger partial charge in [-0.1, -0.05) is 41.0 Å². The number of piperidine rings is 1. The van der Waals surface area contributed by atoms with Crippen LogP contribution in [0.1, 0.15) is 66.7 Å². The van der Waals surface area contributed by atoms with E-state index in [0.29, 0.717) is 5.41 Å². The van der Waals surface area contributed by atoms with Gasteiger partial charge in [0.25, 0.3) is 0 Å². The molecule has 1 aliphatic heterocycles. The molecule has 106 valence electrons. The predicted molar refractivity (Wildman–Crippen MR) is 79.7 cm³/mol. The van der Waals surface area contributed by atoms with Crippen molar-refractivity contribution in [3.8, 4) is 0 Å². The van der Waals surface area contributed by atoms with Crippen LogP contribution < -0.4 is 0 Å². The Morgan fingerprint density at radius 1 is 1.11 bits per heavy atom. The highest BCUT2D eigenvalue weighted by atomic mass is 15.2. The average molecular weight is 251 g/mol. The van der Waals surface area contributed by atoms with Gasteiger partial charge in [0.1, 0.15) is 0 Å². The van der Waals surface area contributed by atoms with Crippen LogP contribution in [0.5, 0.6) is 0 Å². The molecule has 0 aromatic carbocycles. The maximum atomic E-state index is 2.82. The number of nitrogens with zero attached hydrogens (tertiary/aromatic N) is 1. The second kappa shape index (κ2) is 5.53. The average Bonchev–Trinajstić information content (AvgIpc) is 2.15. The van der Waals surface area contributed by atoms with Gasteiger partial charge in [0.15, 0.2) is 0 Å². The molecule has 0 amide bonds. The van der Waals surface area contributed by atoms with Crippen molar-refractivity contribution in [1.29, 1.82) is 0 Å². The summed E-state index contributed by atoms with van der Waals surface area (Å²) in [5.41, 5.74) is 0.474. The number of likely N-dealkylation sites (tertiary alicyclic amines) is 1. The number of hydrogen-bond donors (Lipinski definition) is 0. The zero-order valence-corrected chi connectivity index (χ0v) is 13.2.